The van der Waals surface area contributed by atoms with E-state index in [0.29, 0.717) is 34.3 Å². The second-order valence-electron chi connectivity index (χ2n) is 6.66. The van der Waals surface area contributed by atoms with Gasteiger partial charge < -0.3 is 9.47 Å². The number of H-pyrrole nitrogens is 1. The number of rotatable bonds is 7. The van der Waals surface area contributed by atoms with Gasteiger partial charge in [0.15, 0.2) is 5.82 Å². The average Bonchev–Trinajstić information content (AvgIpc) is 3.20. The molecule has 0 aliphatic carbocycles. The predicted octanol–water partition coefficient (Wildman–Crippen LogP) is 5.11. The van der Waals surface area contributed by atoms with Gasteiger partial charge in [0.1, 0.15) is 11.5 Å². The molecule has 4 aromatic rings. The van der Waals surface area contributed by atoms with E-state index in [-0.39, 0.29) is 0 Å². The van der Waals surface area contributed by atoms with E-state index < -0.39 is 5.97 Å². The summed E-state index contributed by atoms with van der Waals surface area (Å²) in [5.41, 5.74) is 2.08. The van der Waals surface area contributed by atoms with Crippen LogP contribution in [0, 0.1) is 4.77 Å². The molecule has 1 aromatic heterocycles. The first-order valence-electron chi connectivity index (χ1n) is 9.97. The van der Waals surface area contributed by atoms with Gasteiger partial charge in [-0.1, -0.05) is 30.3 Å². The molecule has 0 unspecified atom stereocenters. The molecule has 0 atom stereocenters. The number of hydrogen-bond donors (Lipinski definition) is 1. The molecular formula is C24H20N4O3S. The highest BCUT2D eigenvalue weighted by molar-refractivity contribution is 7.71. The summed E-state index contributed by atoms with van der Waals surface area (Å²) in [6.45, 7) is 2.46. The molecule has 7 nitrogen and oxygen atoms in total. The van der Waals surface area contributed by atoms with E-state index in [0.717, 1.165) is 11.1 Å². The van der Waals surface area contributed by atoms with E-state index in [1.807, 2.05) is 37.3 Å². The number of para-hydroxylation sites is 1. The Hall–Kier alpha value is -4.04. The smallest absolute Gasteiger partial charge is 0.343 e. The molecule has 0 saturated heterocycles. The Morgan fingerprint density at radius 2 is 1.78 bits per heavy atom. The number of aromatic nitrogens is 3. The van der Waals surface area contributed by atoms with Gasteiger partial charge in [-0.25, -0.2) is 9.89 Å². The van der Waals surface area contributed by atoms with Crippen LogP contribution < -0.4 is 9.47 Å². The van der Waals surface area contributed by atoms with Crippen LogP contribution >= 0.6 is 12.2 Å². The van der Waals surface area contributed by atoms with Crippen molar-refractivity contribution in [3.8, 4) is 22.9 Å². The summed E-state index contributed by atoms with van der Waals surface area (Å²) in [7, 11) is 0. The maximum absolute atomic E-state index is 12.2. The third-order valence-corrected chi connectivity index (χ3v) is 4.76. The van der Waals surface area contributed by atoms with Gasteiger partial charge in [-0.15, -0.1) is 0 Å². The second kappa shape index (κ2) is 9.84. The molecule has 0 radical (unpaired) electrons. The van der Waals surface area contributed by atoms with Crippen molar-refractivity contribution < 1.29 is 14.3 Å². The van der Waals surface area contributed by atoms with E-state index in [1.165, 1.54) is 4.68 Å². The van der Waals surface area contributed by atoms with Crippen LogP contribution in [0.1, 0.15) is 22.8 Å². The molecule has 4 rings (SSSR count). The largest absolute Gasteiger partial charge is 0.493 e. The summed E-state index contributed by atoms with van der Waals surface area (Å²) >= 11 is 5.34. The van der Waals surface area contributed by atoms with Gasteiger partial charge in [-0.2, -0.15) is 14.9 Å². The summed E-state index contributed by atoms with van der Waals surface area (Å²) in [6, 6.07) is 23.4. The number of carbonyl (C=O) groups excluding carboxylic acids is 1. The zero-order valence-electron chi connectivity index (χ0n) is 17.3. The predicted molar refractivity (Wildman–Crippen MR) is 125 cm³/mol. The van der Waals surface area contributed by atoms with Crippen molar-refractivity contribution >= 4 is 24.4 Å². The Morgan fingerprint density at radius 3 is 2.53 bits per heavy atom. The van der Waals surface area contributed by atoms with Gasteiger partial charge in [0.05, 0.1) is 23.9 Å². The van der Waals surface area contributed by atoms with Gasteiger partial charge in [-0.05, 0) is 73.2 Å². The third-order valence-electron chi connectivity index (χ3n) is 4.50. The Kier molecular flexibility index (Phi) is 6.52. The van der Waals surface area contributed by atoms with Crippen LogP contribution in [0.25, 0.3) is 11.4 Å². The minimum Gasteiger partial charge on any atom is -0.493 e. The number of ether oxygens (including phenoxy) is 2. The Morgan fingerprint density at radius 1 is 1.06 bits per heavy atom. The SMILES string of the molecule is CCOc1ccccc1-c1n[nH]c(=S)n1/N=C\c1ccc(OC(=O)c2ccccc2)cc1. The molecule has 0 fully saturated rings. The zero-order chi connectivity index (χ0) is 22.3. The summed E-state index contributed by atoms with van der Waals surface area (Å²) in [5.74, 6) is 1.28. The maximum Gasteiger partial charge on any atom is 0.343 e. The number of hydrogen-bond acceptors (Lipinski definition) is 6. The lowest BCUT2D eigenvalue weighted by Crippen LogP contribution is -2.08. The molecule has 0 saturated carbocycles. The van der Waals surface area contributed by atoms with Crippen LogP contribution in [0.4, 0.5) is 0 Å². The van der Waals surface area contributed by atoms with E-state index >= 15 is 0 Å². The third kappa shape index (κ3) is 4.81. The van der Waals surface area contributed by atoms with E-state index in [4.69, 9.17) is 21.7 Å². The van der Waals surface area contributed by atoms with Gasteiger partial charge in [-0.3, -0.25) is 0 Å². The fourth-order valence-electron chi connectivity index (χ4n) is 2.99. The minimum atomic E-state index is -0.408. The summed E-state index contributed by atoms with van der Waals surface area (Å²) in [4.78, 5) is 12.2. The van der Waals surface area contributed by atoms with E-state index in [2.05, 4.69) is 15.3 Å². The number of aromatic amines is 1. The molecule has 160 valence electrons. The first kappa shape index (κ1) is 21.2. The van der Waals surface area contributed by atoms with Crippen LogP contribution in [0.5, 0.6) is 11.5 Å². The fraction of sp³-hybridized carbons (Fsp3) is 0.0833. The molecule has 0 amide bonds. The molecular weight excluding hydrogens is 424 g/mol. The van der Waals surface area contributed by atoms with Gasteiger partial charge >= 0.3 is 5.97 Å². The molecule has 1 N–H and O–H groups in total. The van der Waals surface area contributed by atoms with Crippen molar-refractivity contribution in [1.82, 2.24) is 14.9 Å². The van der Waals surface area contributed by atoms with Crippen molar-refractivity contribution in [3.05, 3.63) is 94.8 Å². The summed E-state index contributed by atoms with van der Waals surface area (Å²) in [6.07, 6.45) is 1.65. The van der Waals surface area contributed by atoms with Crippen molar-refractivity contribution in [2.24, 2.45) is 5.10 Å². The molecule has 1 heterocycles. The van der Waals surface area contributed by atoms with Gasteiger partial charge in [0.25, 0.3) is 0 Å². The Labute approximate surface area is 190 Å². The quantitative estimate of drug-likeness (QED) is 0.185. The highest BCUT2D eigenvalue weighted by Crippen LogP contribution is 2.28. The maximum atomic E-state index is 12.2. The number of esters is 1. The van der Waals surface area contributed by atoms with Crippen LogP contribution in [0.2, 0.25) is 0 Å². The molecule has 3 aromatic carbocycles. The summed E-state index contributed by atoms with van der Waals surface area (Å²) in [5, 5.41) is 11.6. The standard InChI is InChI=1S/C24H20N4O3S/c1-2-30-21-11-7-6-10-20(21)22-26-27-24(32)28(22)25-16-17-12-14-19(15-13-17)31-23(29)18-8-4-3-5-9-18/h3-16H,2H2,1H3,(H,27,32)/b25-16-. The monoisotopic (exact) mass is 444 g/mol. The number of carbonyl (C=O) groups is 1. The second-order valence-corrected chi connectivity index (χ2v) is 7.05. The highest BCUT2D eigenvalue weighted by atomic mass is 32.1. The van der Waals surface area contributed by atoms with E-state index in [9.17, 15) is 4.79 Å². The van der Waals surface area contributed by atoms with Crippen molar-refractivity contribution in [2.75, 3.05) is 6.61 Å². The van der Waals surface area contributed by atoms with Crippen LogP contribution in [0.3, 0.4) is 0 Å². The van der Waals surface area contributed by atoms with Crippen molar-refractivity contribution in [1.29, 1.82) is 0 Å². The molecule has 0 aliphatic heterocycles. The fourth-order valence-corrected chi connectivity index (χ4v) is 3.17. The first-order chi connectivity index (χ1) is 15.7. The Balaban J connectivity index is 1.53. The number of benzene rings is 3. The first-order valence-corrected chi connectivity index (χ1v) is 10.4. The normalized spacial score (nSPS) is 10.9. The summed E-state index contributed by atoms with van der Waals surface area (Å²) < 4.78 is 13.0. The van der Waals surface area contributed by atoms with Gasteiger partial charge in [0.2, 0.25) is 4.77 Å². The molecule has 0 bridgehead atoms. The van der Waals surface area contributed by atoms with Crippen LogP contribution in [0.15, 0.2) is 84.0 Å². The molecule has 32 heavy (non-hydrogen) atoms. The zero-order valence-corrected chi connectivity index (χ0v) is 18.1. The lowest BCUT2D eigenvalue weighted by atomic mass is 10.2. The minimum absolute atomic E-state index is 0.357. The van der Waals surface area contributed by atoms with Crippen LogP contribution in [-0.2, 0) is 0 Å². The highest BCUT2D eigenvalue weighted by Gasteiger charge is 2.13. The topological polar surface area (TPSA) is 81.5 Å². The van der Waals surface area contributed by atoms with Crippen molar-refractivity contribution in [3.63, 3.8) is 0 Å². The van der Waals surface area contributed by atoms with Crippen molar-refractivity contribution in [2.45, 2.75) is 6.92 Å². The van der Waals surface area contributed by atoms with E-state index in [1.54, 1.807) is 54.7 Å². The Bertz CT molecular complexity index is 1290. The average molecular weight is 445 g/mol. The lowest BCUT2D eigenvalue weighted by Gasteiger charge is -2.08. The molecule has 8 heteroatoms. The van der Waals surface area contributed by atoms with Gasteiger partial charge in [0, 0.05) is 0 Å². The van der Waals surface area contributed by atoms with Crippen LogP contribution in [-0.4, -0.2) is 33.7 Å². The number of nitrogens with one attached hydrogen (secondary N) is 1. The molecule has 0 spiro atoms. The number of nitrogens with zero attached hydrogens (tertiary/aromatic N) is 3. The molecule has 0 aliphatic rings. The lowest BCUT2D eigenvalue weighted by molar-refractivity contribution is 0.0735.